The molecule has 0 aliphatic heterocycles. The highest BCUT2D eigenvalue weighted by atomic mass is 35.5. The van der Waals surface area contributed by atoms with Crippen LogP contribution >= 0.6 is 23.2 Å². The number of rotatable bonds is 7. The number of carbonyl (C=O) groups is 2. The van der Waals surface area contributed by atoms with E-state index in [1.807, 2.05) is 20.8 Å². The number of halogens is 2. The number of benzene rings is 1. The lowest BCUT2D eigenvalue weighted by atomic mass is 10.1. The first kappa shape index (κ1) is 18.8. The van der Waals surface area contributed by atoms with Crippen LogP contribution in [-0.4, -0.2) is 24.5 Å². The second-order valence-corrected chi connectivity index (χ2v) is 6.29. The zero-order valence-electron chi connectivity index (χ0n) is 13.0. The van der Waals surface area contributed by atoms with Gasteiger partial charge in [-0.3, -0.25) is 4.79 Å². The van der Waals surface area contributed by atoms with Crippen LogP contribution in [0.1, 0.15) is 32.8 Å². The number of hydrogen-bond donors (Lipinski definition) is 1. The molecule has 0 aromatic heterocycles. The fourth-order valence-electron chi connectivity index (χ4n) is 1.76. The molecule has 0 heterocycles. The highest BCUT2D eigenvalue weighted by molar-refractivity contribution is 6.42. The molecule has 0 saturated carbocycles. The number of carbonyl (C=O) groups excluding carboxylic acids is 2. The van der Waals surface area contributed by atoms with Gasteiger partial charge in [0.05, 0.1) is 23.1 Å². The number of esters is 1. The molecular formula is C16H21Cl2NO3. The highest BCUT2D eigenvalue weighted by Gasteiger charge is 2.20. The van der Waals surface area contributed by atoms with Crippen molar-refractivity contribution in [1.29, 1.82) is 0 Å². The summed E-state index contributed by atoms with van der Waals surface area (Å²) in [6, 6.07) is 4.38. The zero-order chi connectivity index (χ0) is 16.7. The van der Waals surface area contributed by atoms with Crippen molar-refractivity contribution >= 4 is 35.1 Å². The molecular weight excluding hydrogens is 325 g/mol. The summed E-state index contributed by atoms with van der Waals surface area (Å²) in [4.78, 5) is 23.9. The van der Waals surface area contributed by atoms with E-state index in [9.17, 15) is 9.59 Å². The van der Waals surface area contributed by atoms with Crippen LogP contribution in [-0.2, 0) is 20.7 Å². The number of amides is 1. The molecule has 0 radical (unpaired) electrons. The average molecular weight is 346 g/mol. The monoisotopic (exact) mass is 345 g/mol. The van der Waals surface area contributed by atoms with Crippen LogP contribution in [0.25, 0.3) is 0 Å². The van der Waals surface area contributed by atoms with Gasteiger partial charge in [0, 0.05) is 0 Å². The minimum atomic E-state index is -0.631. The molecule has 0 aliphatic carbocycles. The Labute approximate surface area is 141 Å². The number of ether oxygens (including phenoxy) is 1. The molecule has 0 bridgehead atoms. The molecule has 22 heavy (non-hydrogen) atoms. The van der Waals surface area contributed by atoms with E-state index in [0.717, 1.165) is 5.56 Å². The summed E-state index contributed by atoms with van der Waals surface area (Å²) >= 11 is 11.7. The van der Waals surface area contributed by atoms with E-state index < -0.39 is 12.0 Å². The van der Waals surface area contributed by atoms with Crippen LogP contribution in [0, 0.1) is 5.92 Å². The molecule has 122 valence electrons. The third kappa shape index (κ3) is 6.24. The fraction of sp³-hybridized carbons (Fsp3) is 0.500. The van der Waals surface area contributed by atoms with E-state index in [-0.39, 0.29) is 18.2 Å². The predicted octanol–water partition coefficient (Wildman–Crippen LogP) is 3.63. The Bertz CT molecular complexity index is 532. The minimum Gasteiger partial charge on any atom is -0.464 e. The highest BCUT2D eigenvalue weighted by Crippen LogP contribution is 2.22. The maximum Gasteiger partial charge on any atom is 0.328 e. The van der Waals surface area contributed by atoms with E-state index >= 15 is 0 Å². The molecule has 1 N–H and O–H groups in total. The summed E-state index contributed by atoms with van der Waals surface area (Å²) in [6.07, 6.45) is 0.606. The quantitative estimate of drug-likeness (QED) is 0.767. The summed E-state index contributed by atoms with van der Waals surface area (Å²) in [5.74, 6) is -0.404. The number of nitrogens with one attached hydrogen (secondary N) is 1. The second-order valence-electron chi connectivity index (χ2n) is 5.48. The van der Waals surface area contributed by atoms with Crippen molar-refractivity contribution in [3.05, 3.63) is 33.8 Å². The van der Waals surface area contributed by atoms with Gasteiger partial charge in [0.15, 0.2) is 0 Å². The third-order valence-electron chi connectivity index (χ3n) is 2.94. The van der Waals surface area contributed by atoms with Crippen LogP contribution < -0.4 is 5.32 Å². The van der Waals surface area contributed by atoms with E-state index in [0.29, 0.717) is 23.1 Å². The van der Waals surface area contributed by atoms with Gasteiger partial charge in [-0.1, -0.05) is 50.0 Å². The van der Waals surface area contributed by atoms with Crippen LogP contribution in [0.5, 0.6) is 0 Å². The maximum absolute atomic E-state index is 12.0. The van der Waals surface area contributed by atoms with Gasteiger partial charge in [0.1, 0.15) is 6.04 Å². The predicted molar refractivity (Wildman–Crippen MR) is 88.2 cm³/mol. The van der Waals surface area contributed by atoms with Crippen LogP contribution in [0.4, 0.5) is 0 Å². The summed E-state index contributed by atoms with van der Waals surface area (Å²) in [5.41, 5.74) is 0.734. The van der Waals surface area contributed by atoms with Crippen molar-refractivity contribution < 1.29 is 14.3 Å². The van der Waals surface area contributed by atoms with Crippen molar-refractivity contribution in [3.8, 4) is 0 Å². The first-order valence-corrected chi connectivity index (χ1v) is 7.99. The summed E-state index contributed by atoms with van der Waals surface area (Å²) in [5, 5.41) is 3.52. The molecule has 6 heteroatoms. The Morgan fingerprint density at radius 3 is 2.45 bits per heavy atom. The second kappa shape index (κ2) is 9.01. The van der Waals surface area contributed by atoms with Gasteiger partial charge in [-0.05, 0) is 30.0 Å². The van der Waals surface area contributed by atoms with Crippen LogP contribution in [0.3, 0.4) is 0 Å². The molecule has 4 nitrogen and oxygen atoms in total. The largest absolute Gasteiger partial charge is 0.464 e. The standard InChI is InChI=1S/C16H21Cl2NO3/c1-4-14(16(21)22-9-10(2)3)19-15(20)8-11-5-6-12(17)13(18)7-11/h5-7,10,14H,4,8-9H2,1-3H3,(H,19,20). The molecule has 1 rings (SSSR count). The molecule has 1 amide bonds. The molecule has 1 aromatic carbocycles. The topological polar surface area (TPSA) is 55.4 Å². The van der Waals surface area contributed by atoms with Crippen molar-refractivity contribution in [1.82, 2.24) is 5.32 Å². The van der Waals surface area contributed by atoms with Crippen molar-refractivity contribution in [3.63, 3.8) is 0 Å². The molecule has 0 fully saturated rings. The lowest BCUT2D eigenvalue weighted by molar-refractivity contribution is -0.149. The Morgan fingerprint density at radius 1 is 1.23 bits per heavy atom. The van der Waals surface area contributed by atoms with Gasteiger partial charge in [-0.15, -0.1) is 0 Å². The molecule has 1 atom stereocenters. The van der Waals surface area contributed by atoms with E-state index in [2.05, 4.69) is 5.32 Å². The van der Waals surface area contributed by atoms with Gasteiger partial charge in [-0.2, -0.15) is 0 Å². The third-order valence-corrected chi connectivity index (χ3v) is 3.67. The molecule has 0 aliphatic rings. The minimum absolute atomic E-state index is 0.130. The molecule has 0 saturated heterocycles. The summed E-state index contributed by atoms with van der Waals surface area (Å²) in [6.45, 7) is 6.08. The molecule has 0 spiro atoms. The SMILES string of the molecule is CCC(NC(=O)Cc1ccc(Cl)c(Cl)c1)C(=O)OCC(C)C. The Balaban J connectivity index is 2.57. The van der Waals surface area contributed by atoms with Gasteiger partial charge < -0.3 is 10.1 Å². The lowest BCUT2D eigenvalue weighted by Crippen LogP contribution is -2.42. The van der Waals surface area contributed by atoms with Crippen LogP contribution in [0.2, 0.25) is 10.0 Å². The van der Waals surface area contributed by atoms with Crippen molar-refractivity contribution in [2.24, 2.45) is 5.92 Å². The number of hydrogen-bond acceptors (Lipinski definition) is 3. The van der Waals surface area contributed by atoms with Crippen molar-refractivity contribution in [2.75, 3.05) is 6.61 Å². The van der Waals surface area contributed by atoms with Gasteiger partial charge in [-0.25, -0.2) is 4.79 Å². The first-order valence-electron chi connectivity index (χ1n) is 7.23. The Hall–Kier alpha value is -1.26. The van der Waals surface area contributed by atoms with Crippen LogP contribution in [0.15, 0.2) is 18.2 Å². The molecule has 1 unspecified atom stereocenters. The summed E-state index contributed by atoms with van der Waals surface area (Å²) in [7, 11) is 0. The average Bonchev–Trinajstić information content (AvgIpc) is 2.46. The smallest absolute Gasteiger partial charge is 0.328 e. The maximum atomic E-state index is 12.0. The van der Waals surface area contributed by atoms with Gasteiger partial charge in [0.25, 0.3) is 0 Å². The van der Waals surface area contributed by atoms with E-state index in [4.69, 9.17) is 27.9 Å². The fourth-order valence-corrected chi connectivity index (χ4v) is 2.08. The first-order chi connectivity index (χ1) is 10.3. The van der Waals surface area contributed by atoms with Gasteiger partial charge >= 0.3 is 5.97 Å². The molecule has 1 aromatic rings. The lowest BCUT2D eigenvalue weighted by Gasteiger charge is -2.17. The van der Waals surface area contributed by atoms with Crippen molar-refractivity contribution in [2.45, 2.75) is 39.7 Å². The van der Waals surface area contributed by atoms with Gasteiger partial charge in [0.2, 0.25) is 5.91 Å². The Morgan fingerprint density at radius 2 is 1.91 bits per heavy atom. The summed E-state index contributed by atoms with van der Waals surface area (Å²) < 4.78 is 5.15. The Kier molecular flexibility index (Phi) is 7.69. The van der Waals surface area contributed by atoms with E-state index in [1.165, 1.54) is 0 Å². The normalized spacial score (nSPS) is 12.1. The van der Waals surface area contributed by atoms with E-state index in [1.54, 1.807) is 18.2 Å². The zero-order valence-corrected chi connectivity index (χ0v) is 14.5.